The van der Waals surface area contributed by atoms with Crippen molar-refractivity contribution in [3.63, 3.8) is 0 Å². The van der Waals surface area contributed by atoms with E-state index in [2.05, 4.69) is 48.1 Å². The van der Waals surface area contributed by atoms with Crippen LogP contribution in [0.25, 0.3) is 11.4 Å². The maximum atomic E-state index is 12.4. The normalized spacial score (nSPS) is 11.0. The summed E-state index contributed by atoms with van der Waals surface area (Å²) in [5.74, 6) is 1.18. The smallest absolute Gasteiger partial charge is 0.234 e. The summed E-state index contributed by atoms with van der Waals surface area (Å²) >= 11 is 13.3. The van der Waals surface area contributed by atoms with Crippen molar-refractivity contribution in [2.45, 2.75) is 31.5 Å². The highest BCUT2D eigenvalue weighted by Crippen LogP contribution is 2.28. The van der Waals surface area contributed by atoms with E-state index in [-0.39, 0.29) is 11.7 Å². The third kappa shape index (κ3) is 5.45. The van der Waals surface area contributed by atoms with Gasteiger partial charge in [-0.25, -0.2) is 0 Å². The van der Waals surface area contributed by atoms with Gasteiger partial charge in [0, 0.05) is 17.1 Å². The van der Waals surface area contributed by atoms with E-state index in [4.69, 9.17) is 23.2 Å². The van der Waals surface area contributed by atoms with Crippen LogP contribution in [0.5, 0.6) is 0 Å². The molecule has 0 radical (unpaired) electrons. The Labute approximate surface area is 190 Å². The van der Waals surface area contributed by atoms with Gasteiger partial charge in [0.1, 0.15) is 0 Å². The van der Waals surface area contributed by atoms with Crippen molar-refractivity contribution in [1.82, 2.24) is 14.8 Å². The monoisotopic (exact) mass is 460 g/mol. The topological polar surface area (TPSA) is 59.8 Å². The van der Waals surface area contributed by atoms with Crippen molar-refractivity contribution in [2.75, 3.05) is 11.1 Å². The van der Waals surface area contributed by atoms with Gasteiger partial charge in [0.05, 0.1) is 16.5 Å². The highest BCUT2D eigenvalue weighted by Gasteiger charge is 2.16. The molecule has 1 amide bonds. The lowest BCUT2D eigenvalue weighted by Gasteiger charge is -2.10. The van der Waals surface area contributed by atoms with E-state index in [9.17, 15) is 4.79 Å². The van der Waals surface area contributed by atoms with Gasteiger partial charge in [-0.2, -0.15) is 0 Å². The minimum absolute atomic E-state index is 0.167. The molecule has 0 aliphatic carbocycles. The first kappa shape index (κ1) is 22.4. The molecule has 3 aromatic rings. The Kier molecular flexibility index (Phi) is 7.58. The fourth-order valence-electron chi connectivity index (χ4n) is 2.83. The zero-order valence-electron chi connectivity index (χ0n) is 16.7. The number of hydrogen-bond acceptors (Lipinski definition) is 4. The summed E-state index contributed by atoms with van der Waals surface area (Å²) in [5.41, 5.74) is 2.75. The highest BCUT2D eigenvalue weighted by molar-refractivity contribution is 7.99. The van der Waals surface area contributed by atoms with Crippen LogP contribution in [0, 0.1) is 0 Å². The number of allylic oxidation sites excluding steroid dienone is 1. The Morgan fingerprint density at radius 3 is 2.57 bits per heavy atom. The molecule has 0 aliphatic heterocycles. The summed E-state index contributed by atoms with van der Waals surface area (Å²) in [5, 5.41) is 13.0. The second-order valence-corrected chi connectivity index (χ2v) is 8.73. The molecule has 1 heterocycles. The lowest BCUT2D eigenvalue weighted by atomic mass is 10.0. The summed E-state index contributed by atoms with van der Waals surface area (Å²) in [7, 11) is 0. The van der Waals surface area contributed by atoms with E-state index < -0.39 is 0 Å². The van der Waals surface area contributed by atoms with Crippen molar-refractivity contribution >= 4 is 46.6 Å². The number of hydrogen-bond donors (Lipinski definition) is 1. The summed E-state index contributed by atoms with van der Waals surface area (Å²) in [4.78, 5) is 12.4. The number of halogens is 2. The fraction of sp³-hybridized carbons (Fsp3) is 0.227. The van der Waals surface area contributed by atoms with E-state index in [0.29, 0.717) is 33.4 Å². The van der Waals surface area contributed by atoms with Crippen LogP contribution in [-0.2, 0) is 11.3 Å². The summed E-state index contributed by atoms with van der Waals surface area (Å²) < 4.78 is 1.95. The van der Waals surface area contributed by atoms with E-state index in [1.807, 2.05) is 16.7 Å². The van der Waals surface area contributed by atoms with Gasteiger partial charge >= 0.3 is 0 Å². The molecule has 0 bridgehead atoms. The SMILES string of the molecule is C=CCn1c(SCC(=O)Nc2ccc(Cl)cc2Cl)nnc1-c1ccc(C(C)C)cc1. The zero-order valence-corrected chi connectivity index (χ0v) is 19.1. The number of aromatic nitrogens is 3. The second-order valence-electron chi connectivity index (χ2n) is 6.94. The maximum Gasteiger partial charge on any atom is 0.234 e. The predicted octanol–water partition coefficient (Wildman–Crippen LogP) is 6.29. The average Bonchev–Trinajstić information content (AvgIpc) is 3.11. The van der Waals surface area contributed by atoms with E-state index >= 15 is 0 Å². The number of anilines is 1. The van der Waals surface area contributed by atoms with Gasteiger partial charge in [-0.05, 0) is 29.7 Å². The predicted molar refractivity (Wildman–Crippen MR) is 126 cm³/mol. The molecule has 3 rings (SSSR count). The molecular weight excluding hydrogens is 439 g/mol. The lowest BCUT2D eigenvalue weighted by Crippen LogP contribution is -2.15. The summed E-state index contributed by atoms with van der Waals surface area (Å²) in [6.07, 6.45) is 1.78. The van der Waals surface area contributed by atoms with Gasteiger partial charge in [0.15, 0.2) is 11.0 Å². The zero-order chi connectivity index (χ0) is 21.7. The van der Waals surface area contributed by atoms with Crippen molar-refractivity contribution in [3.8, 4) is 11.4 Å². The van der Waals surface area contributed by atoms with Crippen LogP contribution in [0.3, 0.4) is 0 Å². The number of nitrogens with one attached hydrogen (secondary N) is 1. The van der Waals surface area contributed by atoms with Crippen LogP contribution in [0.1, 0.15) is 25.3 Å². The number of carbonyl (C=O) groups excluding carboxylic acids is 1. The molecule has 8 heteroatoms. The van der Waals surface area contributed by atoms with Crippen LogP contribution < -0.4 is 5.32 Å². The molecule has 0 unspecified atom stereocenters. The quantitative estimate of drug-likeness (QED) is 0.316. The van der Waals surface area contributed by atoms with Crippen LogP contribution in [0.2, 0.25) is 10.0 Å². The van der Waals surface area contributed by atoms with E-state index in [1.165, 1.54) is 17.3 Å². The largest absolute Gasteiger partial charge is 0.324 e. The van der Waals surface area contributed by atoms with E-state index in [1.54, 1.807) is 24.3 Å². The molecule has 0 fully saturated rings. The first-order valence-corrected chi connectivity index (χ1v) is 11.1. The molecule has 30 heavy (non-hydrogen) atoms. The number of rotatable bonds is 8. The molecule has 0 atom stereocenters. The van der Waals surface area contributed by atoms with Crippen molar-refractivity contribution in [2.24, 2.45) is 0 Å². The summed E-state index contributed by atoms with van der Waals surface area (Å²) in [6.45, 7) is 8.69. The molecule has 0 saturated heterocycles. The minimum atomic E-state index is -0.194. The van der Waals surface area contributed by atoms with Crippen molar-refractivity contribution in [3.05, 3.63) is 70.7 Å². The van der Waals surface area contributed by atoms with Gasteiger partial charge in [-0.1, -0.05) is 79.2 Å². The third-order valence-electron chi connectivity index (χ3n) is 4.40. The second kappa shape index (κ2) is 10.2. The Morgan fingerprint density at radius 1 is 1.20 bits per heavy atom. The number of carbonyl (C=O) groups is 1. The number of nitrogens with zero attached hydrogens (tertiary/aromatic N) is 3. The van der Waals surface area contributed by atoms with Gasteiger partial charge in [0.2, 0.25) is 5.91 Å². The van der Waals surface area contributed by atoms with Gasteiger partial charge in [-0.15, -0.1) is 16.8 Å². The van der Waals surface area contributed by atoms with Crippen molar-refractivity contribution < 1.29 is 4.79 Å². The third-order valence-corrected chi connectivity index (χ3v) is 5.92. The van der Waals surface area contributed by atoms with Crippen LogP contribution in [-0.4, -0.2) is 26.4 Å². The Bertz CT molecular complexity index is 1050. The highest BCUT2D eigenvalue weighted by atomic mass is 35.5. The van der Waals surface area contributed by atoms with Gasteiger partial charge < -0.3 is 5.32 Å². The van der Waals surface area contributed by atoms with Gasteiger partial charge in [0.25, 0.3) is 0 Å². The lowest BCUT2D eigenvalue weighted by molar-refractivity contribution is -0.113. The standard InChI is InChI=1S/C22H22Cl2N4OS/c1-4-11-28-21(16-7-5-15(6-8-16)14(2)3)26-27-22(28)30-13-20(29)25-19-10-9-17(23)12-18(19)24/h4-10,12,14H,1,11,13H2,2-3H3,(H,25,29). The van der Waals surface area contributed by atoms with Gasteiger partial charge in [-0.3, -0.25) is 9.36 Å². The fourth-order valence-corrected chi connectivity index (χ4v) is 4.03. The molecular formula is C22H22Cl2N4OS. The number of amides is 1. The first-order chi connectivity index (χ1) is 14.4. The first-order valence-electron chi connectivity index (χ1n) is 9.41. The number of benzene rings is 2. The number of thioether (sulfide) groups is 1. The average molecular weight is 461 g/mol. The molecule has 0 spiro atoms. The maximum absolute atomic E-state index is 12.4. The van der Waals surface area contributed by atoms with Crippen LogP contribution in [0.4, 0.5) is 5.69 Å². The van der Waals surface area contributed by atoms with E-state index in [0.717, 1.165) is 11.4 Å². The Hall–Kier alpha value is -2.28. The molecule has 1 aromatic heterocycles. The van der Waals surface area contributed by atoms with Crippen LogP contribution in [0.15, 0.2) is 60.3 Å². The Morgan fingerprint density at radius 2 is 1.93 bits per heavy atom. The Balaban J connectivity index is 1.73. The van der Waals surface area contributed by atoms with Crippen molar-refractivity contribution in [1.29, 1.82) is 0 Å². The minimum Gasteiger partial charge on any atom is -0.324 e. The molecule has 5 nitrogen and oxygen atoms in total. The molecule has 0 saturated carbocycles. The molecule has 1 N–H and O–H groups in total. The van der Waals surface area contributed by atoms with Crippen LogP contribution >= 0.6 is 35.0 Å². The molecule has 156 valence electrons. The molecule has 2 aromatic carbocycles. The summed E-state index contributed by atoms with van der Waals surface area (Å²) in [6, 6.07) is 13.2. The molecule has 0 aliphatic rings.